The van der Waals surface area contributed by atoms with E-state index in [4.69, 9.17) is 5.73 Å². The van der Waals surface area contributed by atoms with Crippen LogP contribution in [0.5, 0.6) is 0 Å². The Morgan fingerprint density at radius 3 is 2.44 bits per heavy atom. The van der Waals surface area contributed by atoms with Gasteiger partial charge in [0.1, 0.15) is 6.07 Å². The summed E-state index contributed by atoms with van der Waals surface area (Å²) in [6, 6.07) is 24.0. The summed E-state index contributed by atoms with van der Waals surface area (Å²) in [7, 11) is 0. The molecule has 0 atom stereocenters. The second-order valence-electron chi connectivity index (χ2n) is 7.35. The number of nitrogens with zero attached hydrogens (tertiary/aromatic N) is 4. The van der Waals surface area contributed by atoms with Crippen LogP contribution in [0.3, 0.4) is 0 Å². The van der Waals surface area contributed by atoms with Crippen LogP contribution < -0.4 is 16.4 Å². The molecule has 0 aliphatic heterocycles. The molecular weight excluding hydrogens is 426 g/mol. The van der Waals surface area contributed by atoms with Crippen LogP contribution in [0.1, 0.15) is 11.1 Å². The highest BCUT2D eigenvalue weighted by atomic mass is 16.1. The van der Waals surface area contributed by atoms with Crippen LogP contribution in [0, 0.1) is 11.3 Å². The number of guanidine groups is 1. The van der Waals surface area contributed by atoms with Crippen molar-refractivity contribution in [1.82, 2.24) is 9.97 Å². The van der Waals surface area contributed by atoms with E-state index in [0.29, 0.717) is 22.8 Å². The molecule has 8 nitrogen and oxygen atoms in total. The number of rotatable bonds is 6. The quantitative estimate of drug-likeness (QED) is 0.299. The molecule has 0 unspecified atom stereocenters. The Bertz CT molecular complexity index is 1340. The molecule has 4 N–H and O–H groups in total. The molecule has 0 radical (unpaired) electrons. The molecule has 4 rings (SSSR count). The molecule has 2 heterocycles. The Balaban J connectivity index is 1.38. The van der Waals surface area contributed by atoms with Gasteiger partial charge in [-0.15, -0.1) is 0 Å². The van der Waals surface area contributed by atoms with Gasteiger partial charge in [0.25, 0.3) is 0 Å². The molecule has 2 aromatic carbocycles. The summed E-state index contributed by atoms with van der Waals surface area (Å²) in [5, 5.41) is 15.0. The van der Waals surface area contributed by atoms with Crippen LogP contribution in [0.15, 0.2) is 96.4 Å². The van der Waals surface area contributed by atoms with Crippen LogP contribution in [-0.2, 0) is 11.2 Å². The van der Waals surface area contributed by atoms with Crippen molar-refractivity contribution >= 4 is 29.1 Å². The Hall–Kier alpha value is -5.03. The third kappa shape index (κ3) is 5.81. The number of pyridine rings is 2. The molecule has 0 saturated carbocycles. The minimum atomic E-state index is -0.103. The Morgan fingerprint density at radius 2 is 1.74 bits per heavy atom. The standard InChI is InChI=1S/C26H21N7O/c27-15-20-5-1-2-6-23(20)32-26(28)33-24-12-9-21(17-30-24)19-7-10-22(11-8-19)31-25(34)14-18-4-3-13-29-16-18/h1-13,16-17H,14H2,(H,31,34)(H3,28,30,32,33). The number of hydrogen-bond donors (Lipinski definition) is 3. The molecule has 0 saturated heterocycles. The number of aliphatic imine (C=N–C) groups is 1. The maximum atomic E-state index is 12.2. The topological polar surface area (TPSA) is 129 Å². The number of nitriles is 1. The predicted molar refractivity (Wildman–Crippen MR) is 132 cm³/mol. The first-order valence-electron chi connectivity index (χ1n) is 10.5. The summed E-state index contributed by atoms with van der Waals surface area (Å²) < 4.78 is 0. The molecular formula is C26H21N7O. The van der Waals surface area contributed by atoms with E-state index in [-0.39, 0.29) is 18.3 Å². The number of benzene rings is 2. The molecule has 2 aromatic heterocycles. The zero-order chi connectivity index (χ0) is 23.8. The van der Waals surface area contributed by atoms with Gasteiger partial charge in [0.2, 0.25) is 5.91 Å². The number of carbonyl (C=O) groups excluding carboxylic acids is 1. The van der Waals surface area contributed by atoms with Gasteiger partial charge in [-0.1, -0.05) is 30.3 Å². The minimum Gasteiger partial charge on any atom is -0.369 e. The number of amides is 1. The SMILES string of the molecule is N#Cc1ccccc1NC(N)=Nc1ccc(-c2ccc(NC(=O)Cc3cccnc3)cc2)cn1. The van der Waals surface area contributed by atoms with Crippen LogP contribution in [0.25, 0.3) is 11.1 Å². The van der Waals surface area contributed by atoms with Gasteiger partial charge in [-0.05, 0) is 53.6 Å². The summed E-state index contributed by atoms with van der Waals surface area (Å²) in [6.07, 6.45) is 5.32. The average Bonchev–Trinajstić information content (AvgIpc) is 2.86. The van der Waals surface area contributed by atoms with Crippen LogP contribution in [0.2, 0.25) is 0 Å². The number of carbonyl (C=O) groups is 1. The summed E-state index contributed by atoms with van der Waals surface area (Å²) >= 11 is 0. The lowest BCUT2D eigenvalue weighted by Gasteiger charge is -2.08. The van der Waals surface area contributed by atoms with Crippen molar-refractivity contribution in [3.8, 4) is 17.2 Å². The average molecular weight is 448 g/mol. The molecule has 166 valence electrons. The summed E-state index contributed by atoms with van der Waals surface area (Å²) in [6.45, 7) is 0. The number of nitrogens with two attached hydrogens (primary N) is 1. The predicted octanol–water partition coefficient (Wildman–Crippen LogP) is 4.25. The van der Waals surface area contributed by atoms with E-state index in [1.54, 1.807) is 55.0 Å². The third-order valence-corrected chi connectivity index (χ3v) is 4.88. The van der Waals surface area contributed by atoms with Crippen LogP contribution in [0.4, 0.5) is 17.2 Å². The van der Waals surface area contributed by atoms with Crippen molar-refractivity contribution < 1.29 is 4.79 Å². The van der Waals surface area contributed by atoms with E-state index < -0.39 is 0 Å². The Morgan fingerprint density at radius 1 is 0.941 bits per heavy atom. The summed E-state index contributed by atoms with van der Waals surface area (Å²) in [5.74, 6) is 0.463. The zero-order valence-electron chi connectivity index (χ0n) is 18.1. The summed E-state index contributed by atoms with van der Waals surface area (Å²) in [5.41, 5.74) is 10.4. The highest BCUT2D eigenvalue weighted by Gasteiger charge is 2.06. The number of aromatic nitrogens is 2. The fourth-order valence-electron chi connectivity index (χ4n) is 3.24. The van der Waals surface area contributed by atoms with E-state index in [9.17, 15) is 10.1 Å². The van der Waals surface area contributed by atoms with E-state index in [1.807, 2.05) is 36.4 Å². The van der Waals surface area contributed by atoms with Crippen molar-refractivity contribution in [3.05, 3.63) is 103 Å². The number of para-hydroxylation sites is 1. The largest absolute Gasteiger partial charge is 0.369 e. The fraction of sp³-hybridized carbons (Fsp3) is 0.0385. The maximum Gasteiger partial charge on any atom is 0.228 e. The first-order chi connectivity index (χ1) is 16.6. The van der Waals surface area contributed by atoms with Gasteiger partial charge >= 0.3 is 0 Å². The third-order valence-electron chi connectivity index (χ3n) is 4.88. The van der Waals surface area contributed by atoms with Gasteiger partial charge in [0.05, 0.1) is 17.7 Å². The smallest absolute Gasteiger partial charge is 0.228 e. The highest BCUT2D eigenvalue weighted by Crippen LogP contribution is 2.23. The first kappa shape index (κ1) is 22.2. The van der Waals surface area contributed by atoms with Crippen molar-refractivity contribution in [2.75, 3.05) is 10.6 Å². The Labute approximate surface area is 196 Å². The van der Waals surface area contributed by atoms with E-state index in [0.717, 1.165) is 16.7 Å². The minimum absolute atomic E-state index is 0.103. The second kappa shape index (κ2) is 10.5. The fourth-order valence-corrected chi connectivity index (χ4v) is 3.24. The second-order valence-corrected chi connectivity index (χ2v) is 7.35. The van der Waals surface area contributed by atoms with Crippen molar-refractivity contribution in [1.29, 1.82) is 5.26 Å². The molecule has 0 spiro atoms. The van der Waals surface area contributed by atoms with Crippen molar-refractivity contribution in [2.45, 2.75) is 6.42 Å². The lowest BCUT2D eigenvalue weighted by atomic mass is 10.1. The monoisotopic (exact) mass is 447 g/mol. The molecule has 0 aliphatic rings. The van der Waals surface area contributed by atoms with Crippen molar-refractivity contribution in [2.24, 2.45) is 10.7 Å². The molecule has 34 heavy (non-hydrogen) atoms. The van der Waals surface area contributed by atoms with E-state index in [1.165, 1.54) is 0 Å². The lowest BCUT2D eigenvalue weighted by molar-refractivity contribution is -0.115. The van der Waals surface area contributed by atoms with E-state index in [2.05, 4.69) is 31.7 Å². The van der Waals surface area contributed by atoms with Crippen molar-refractivity contribution in [3.63, 3.8) is 0 Å². The van der Waals surface area contributed by atoms with Gasteiger partial charge in [-0.25, -0.2) is 4.98 Å². The molecule has 8 heteroatoms. The molecule has 1 amide bonds. The van der Waals surface area contributed by atoms with Gasteiger partial charge < -0.3 is 16.4 Å². The molecule has 0 fully saturated rings. The highest BCUT2D eigenvalue weighted by molar-refractivity contribution is 5.95. The summed E-state index contributed by atoms with van der Waals surface area (Å²) in [4.78, 5) is 24.8. The molecule has 4 aromatic rings. The lowest BCUT2D eigenvalue weighted by Crippen LogP contribution is -2.22. The van der Waals surface area contributed by atoms with E-state index >= 15 is 0 Å². The zero-order valence-corrected chi connectivity index (χ0v) is 18.1. The van der Waals surface area contributed by atoms with Crippen LogP contribution >= 0.6 is 0 Å². The van der Waals surface area contributed by atoms with Gasteiger partial charge in [-0.3, -0.25) is 9.78 Å². The molecule has 0 aliphatic carbocycles. The maximum absolute atomic E-state index is 12.2. The number of hydrogen-bond acceptors (Lipinski definition) is 5. The Kier molecular flexibility index (Phi) is 6.86. The molecule has 0 bridgehead atoms. The first-order valence-corrected chi connectivity index (χ1v) is 10.5. The number of anilines is 2. The number of nitrogens with one attached hydrogen (secondary N) is 2. The van der Waals surface area contributed by atoms with Crippen LogP contribution in [-0.4, -0.2) is 21.8 Å². The van der Waals surface area contributed by atoms with Gasteiger partial charge in [0.15, 0.2) is 11.8 Å². The van der Waals surface area contributed by atoms with Gasteiger partial charge in [0, 0.05) is 29.8 Å². The normalized spacial score (nSPS) is 10.9. The van der Waals surface area contributed by atoms with Gasteiger partial charge in [-0.2, -0.15) is 10.3 Å².